The van der Waals surface area contributed by atoms with E-state index in [0.29, 0.717) is 29.5 Å². The molecule has 0 radical (unpaired) electrons. The van der Waals surface area contributed by atoms with Crippen molar-refractivity contribution in [1.82, 2.24) is 0 Å². The van der Waals surface area contributed by atoms with Crippen LogP contribution in [0.25, 0.3) is 0 Å². The van der Waals surface area contributed by atoms with Gasteiger partial charge >= 0.3 is 0 Å². The van der Waals surface area contributed by atoms with Gasteiger partial charge < -0.3 is 19.9 Å². The van der Waals surface area contributed by atoms with E-state index in [1.807, 2.05) is 6.92 Å². The van der Waals surface area contributed by atoms with E-state index < -0.39 is 4.92 Å². The van der Waals surface area contributed by atoms with E-state index in [1.54, 1.807) is 54.6 Å². The first-order chi connectivity index (χ1) is 13.0. The Morgan fingerprint density at radius 1 is 0.815 bits per heavy atom. The largest absolute Gasteiger partial charge is 0.494 e. The van der Waals surface area contributed by atoms with Crippen molar-refractivity contribution in [3.05, 3.63) is 76.8 Å². The lowest BCUT2D eigenvalue weighted by molar-refractivity contribution is -0.385. The third-order valence-electron chi connectivity index (χ3n) is 3.56. The number of nitrogen functional groups attached to an aromatic ring is 1. The first-order valence-corrected chi connectivity index (χ1v) is 8.27. The Morgan fingerprint density at radius 3 is 1.78 bits per heavy atom. The average Bonchev–Trinajstić information content (AvgIpc) is 2.65. The fourth-order valence-electron chi connectivity index (χ4n) is 2.36. The second kappa shape index (κ2) is 8.09. The molecule has 0 heterocycles. The lowest BCUT2D eigenvalue weighted by Crippen LogP contribution is -1.93. The molecule has 0 saturated carbocycles. The summed E-state index contributed by atoms with van der Waals surface area (Å²) in [5, 5.41) is 11.2. The lowest BCUT2D eigenvalue weighted by Gasteiger charge is -2.10. The fourth-order valence-corrected chi connectivity index (χ4v) is 2.36. The molecular formula is C20H18N2O5. The van der Waals surface area contributed by atoms with Crippen LogP contribution in [0.4, 0.5) is 11.4 Å². The minimum absolute atomic E-state index is 0.135. The zero-order valence-electron chi connectivity index (χ0n) is 14.6. The van der Waals surface area contributed by atoms with Crippen LogP contribution in [-0.2, 0) is 0 Å². The zero-order valence-corrected chi connectivity index (χ0v) is 14.6. The maximum Gasteiger partial charge on any atom is 0.276 e. The number of hydrogen-bond donors (Lipinski definition) is 1. The van der Waals surface area contributed by atoms with E-state index in [-0.39, 0.29) is 11.4 Å². The Kier molecular flexibility index (Phi) is 5.41. The molecule has 27 heavy (non-hydrogen) atoms. The molecule has 0 aliphatic rings. The number of nitro benzene ring substituents is 1. The molecule has 0 unspecified atom stereocenters. The molecule has 2 N–H and O–H groups in total. The van der Waals surface area contributed by atoms with Crippen molar-refractivity contribution in [2.45, 2.75) is 6.92 Å². The Morgan fingerprint density at radius 2 is 1.30 bits per heavy atom. The number of hydrogen-bond acceptors (Lipinski definition) is 6. The predicted octanol–water partition coefficient (Wildman–Crippen LogP) is 5.16. The van der Waals surface area contributed by atoms with Gasteiger partial charge in [0.25, 0.3) is 5.69 Å². The minimum atomic E-state index is -0.499. The van der Waals surface area contributed by atoms with Gasteiger partial charge in [0, 0.05) is 11.8 Å². The molecule has 0 saturated heterocycles. The predicted molar refractivity (Wildman–Crippen MR) is 102 cm³/mol. The minimum Gasteiger partial charge on any atom is -0.494 e. The topological polar surface area (TPSA) is 96.8 Å². The van der Waals surface area contributed by atoms with E-state index in [2.05, 4.69) is 0 Å². The Balaban J connectivity index is 1.84. The van der Waals surface area contributed by atoms with Crippen molar-refractivity contribution in [3.63, 3.8) is 0 Å². The summed E-state index contributed by atoms with van der Waals surface area (Å²) >= 11 is 0. The van der Waals surface area contributed by atoms with Crippen molar-refractivity contribution in [2.24, 2.45) is 0 Å². The van der Waals surface area contributed by atoms with Crippen LogP contribution in [0.5, 0.6) is 28.7 Å². The van der Waals surface area contributed by atoms with Crippen LogP contribution < -0.4 is 19.9 Å². The molecule has 3 aromatic carbocycles. The summed E-state index contributed by atoms with van der Waals surface area (Å²) < 4.78 is 16.8. The Hall–Kier alpha value is -3.74. The van der Waals surface area contributed by atoms with Crippen molar-refractivity contribution >= 4 is 11.4 Å². The van der Waals surface area contributed by atoms with Gasteiger partial charge in [-0.1, -0.05) is 0 Å². The van der Waals surface area contributed by atoms with Crippen molar-refractivity contribution in [3.8, 4) is 28.7 Å². The number of nitrogens with two attached hydrogens (primary N) is 1. The first kappa shape index (κ1) is 18.1. The van der Waals surface area contributed by atoms with Gasteiger partial charge in [-0.3, -0.25) is 10.1 Å². The summed E-state index contributed by atoms with van der Waals surface area (Å²) in [6.07, 6.45) is 0. The van der Waals surface area contributed by atoms with E-state index >= 15 is 0 Å². The molecule has 0 spiro atoms. The molecule has 138 valence electrons. The molecule has 3 rings (SSSR count). The maximum atomic E-state index is 11.2. The van der Waals surface area contributed by atoms with E-state index in [1.165, 1.54) is 12.1 Å². The van der Waals surface area contributed by atoms with E-state index in [4.69, 9.17) is 19.9 Å². The molecule has 0 amide bonds. The van der Waals surface area contributed by atoms with Gasteiger partial charge in [-0.05, 0) is 55.5 Å². The molecule has 0 atom stereocenters. The number of rotatable bonds is 7. The van der Waals surface area contributed by atoms with Crippen LogP contribution in [0.2, 0.25) is 0 Å². The maximum absolute atomic E-state index is 11.2. The summed E-state index contributed by atoms with van der Waals surface area (Å²) in [6, 6.07) is 18.0. The normalized spacial score (nSPS) is 10.3. The second-order valence-electron chi connectivity index (χ2n) is 5.60. The highest BCUT2D eigenvalue weighted by molar-refractivity contribution is 5.50. The van der Waals surface area contributed by atoms with Crippen molar-refractivity contribution < 1.29 is 19.1 Å². The summed E-state index contributed by atoms with van der Waals surface area (Å²) in [5.74, 6) is 2.33. The SMILES string of the molecule is CCOc1ccc(Oc2cc(Oc3ccc(N)cc3)cc([N+](=O)[O-])c2)cc1. The second-order valence-corrected chi connectivity index (χ2v) is 5.60. The zero-order chi connectivity index (χ0) is 19.2. The third-order valence-corrected chi connectivity index (χ3v) is 3.56. The van der Waals surface area contributed by atoms with Crippen molar-refractivity contribution in [1.29, 1.82) is 0 Å². The highest BCUT2D eigenvalue weighted by atomic mass is 16.6. The molecular weight excluding hydrogens is 348 g/mol. The lowest BCUT2D eigenvalue weighted by atomic mass is 10.2. The number of non-ortho nitro benzene ring substituents is 1. The van der Waals surface area contributed by atoms with Gasteiger partial charge in [0.2, 0.25) is 0 Å². The van der Waals surface area contributed by atoms with Gasteiger partial charge in [-0.2, -0.15) is 0 Å². The number of anilines is 1. The molecule has 3 aromatic rings. The summed E-state index contributed by atoms with van der Waals surface area (Å²) in [7, 11) is 0. The quantitative estimate of drug-likeness (QED) is 0.352. The number of nitrogens with zero attached hydrogens (tertiary/aromatic N) is 1. The summed E-state index contributed by atoms with van der Waals surface area (Å²) in [4.78, 5) is 10.7. The number of nitro groups is 1. The Bertz CT molecular complexity index is 924. The van der Waals surface area contributed by atoms with Gasteiger partial charge in [-0.25, -0.2) is 0 Å². The van der Waals surface area contributed by atoms with Crippen LogP contribution in [-0.4, -0.2) is 11.5 Å². The van der Waals surface area contributed by atoms with Gasteiger partial charge in [0.05, 0.1) is 23.7 Å². The van der Waals surface area contributed by atoms with Crippen LogP contribution >= 0.6 is 0 Å². The molecule has 0 fully saturated rings. The Labute approximate surface area is 156 Å². The summed E-state index contributed by atoms with van der Waals surface area (Å²) in [5.41, 5.74) is 6.11. The molecule has 0 aromatic heterocycles. The van der Waals surface area contributed by atoms with E-state index in [0.717, 1.165) is 5.75 Å². The monoisotopic (exact) mass is 366 g/mol. The number of benzene rings is 3. The molecule has 7 heteroatoms. The molecule has 0 aliphatic heterocycles. The van der Waals surface area contributed by atoms with Crippen molar-refractivity contribution in [2.75, 3.05) is 12.3 Å². The average molecular weight is 366 g/mol. The van der Waals surface area contributed by atoms with E-state index in [9.17, 15) is 10.1 Å². The fraction of sp³-hybridized carbons (Fsp3) is 0.100. The first-order valence-electron chi connectivity index (χ1n) is 8.27. The van der Waals surface area contributed by atoms with Crippen LogP contribution in [0.1, 0.15) is 6.92 Å². The van der Waals surface area contributed by atoms with Gasteiger partial charge in [-0.15, -0.1) is 0 Å². The molecule has 0 aliphatic carbocycles. The molecule has 0 bridgehead atoms. The number of ether oxygens (including phenoxy) is 3. The van der Waals surface area contributed by atoms with Gasteiger partial charge in [0.15, 0.2) is 0 Å². The van der Waals surface area contributed by atoms with Crippen LogP contribution in [0.3, 0.4) is 0 Å². The molecule has 7 nitrogen and oxygen atoms in total. The van der Waals surface area contributed by atoms with Crippen LogP contribution in [0.15, 0.2) is 66.7 Å². The van der Waals surface area contributed by atoms with Crippen LogP contribution in [0, 0.1) is 10.1 Å². The summed E-state index contributed by atoms with van der Waals surface area (Å²) in [6.45, 7) is 2.47. The third kappa shape index (κ3) is 4.88. The highest BCUT2D eigenvalue weighted by Crippen LogP contribution is 2.33. The van der Waals surface area contributed by atoms with Gasteiger partial charge in [0.1, 0.15) is 28.7 Å². The standard InChI is InChI=1S/C20H18N2O5/c1-2-25-16-7-9-18(10-8-16)27-20-12-15(22(23)24)11-19(13-20)26-17-5-3-14(21)4-6-17/h3-13H,2,21H2,1H3. The highest BCUT2D eigenvalue weighted by Gasteiger charge is 2.13. The smallest absolute Gasteiger partial charge is 0.276 e.